The molecule has 0 saturated carbocycles. The van der Waals surface area contributed by atoms with Gasteiger partial charge >= 0.3 is 0 Å². The molecule has 1 N–H and O–H groups in total. The van der Waals surface area contributed by atoms with Gasteiger partial charge in [0, 0.05) is 43.2 Å². The molecule has 2 atom stereocenters. The Labute approximate surface area is 145 Å². The number of amides is 2. The lowest BCUT2D eigenvalue weighted by molar-refractivity contribution is -0.128. The standard InChI is InChI=1S/C17H22N4O2S/c1-10-13(11(2)21(4)19-10)9-18-17(23)12-8-15(22)20(3)16(12)14-6-5-7-24-14/h5-7,12,16H,8-9H2,1-4H3,(H,18,23)/t12-,16-/m0/s1. The Morgan fingerprint density at radius 1 is 1.42 bits per heavy atom. The van der Waals surface area contributed by atoms with Gasteiger partial charge in [0.2, 0.25) is 11.8 Å². The first kappa shape index (κ1) is 16.7. The van der Waals surface area contributed by atoms with Crippen LogP contribution in [0.3, 0.4) is 0 Å². The number of nitrogens with one attached hydrogen (secondary N) is 1. The van der Waals surface area contributed by atoms with E-state index < -0.39 is 0 Å². The lowest BCUT2D eigenvalue weighted by Crippen LogP contribution is -2.34. The molecule has 1 aliphatic rings. The molecule has 3 heterocycles. The van der Waals surface area contributed by atoms with E-state index in [9.17, 15) is 9.59 Å². The number of likely N-dealkylation sites (tertiary alicyclic amines) is 1. The Morgan fingerprint density at radius 3 is 2.75 bits per heavy atom. The molecule has 3 rings (SSSR count). The van der Waals surface area contributed by atoms with E-state index in [-0.39, 0.29) is 30.2 Å². The zero-order valence-electron chi connectivity index (χ0n) is 14.4. The van der Waals surface area contributed by atoms with Gasteiger partial charge in [-0.3, -0.25) is 14.3 Å². The molecule has 24 heavy (non-hydrogen) atoms. The smallest absolute Gasteiger partial charge is 0.226 e. The zero-order valence-corrected chi connectivity index (χ0v) is 15.2. The highest BCUT2D eigenvalue weighted by atomic mass is 32.1. The number of hydrogen-bond donors (Lipinski definition) is 1. The Bertz CT molecular complexity index is 766. The zero-order chi connectivity index (χ0) is 17.4. The maximum absolute atomic E-state index is 12.7. The van der Waals surface area contributed by atoms with Crippen molar-refractivity contribution >= 4 is 23.2 Å². The second-order valence-corrected chi connectivity index (χ2v) is 7.25. The first-order valence-corrected chi connectivity index (χ1v) is 8.84. The molecule has 128 valence electrons. The van der Waals surface area contributed by atoms with Crippen molar-refractivity contribution in [2.45, 2.75) is 32.9 Å². The average Bonchev–Trinajstić information content (AvgIpc) is 3.21. The summed E-state index contributed by atoms with van der Waals surface area (Å²) in [7, 11) is 3.67. The normalized spacial score (nSPS) is 20.7. The average molecular weight is 346 g/mol. The summed E-state index contributed by atoms with van der Waals surface area (Å²) in [4.78, 5) is 27.6. The van der Waals surface area contributed by atoms with Crippen molar-refractivity contribution in [2.24, 2.45) is 13.0 Å². The number of hydrogen-bond acceptors (Lipinski definition) is 4. The van der Waals surface area contributed by atoms with Gasteiger partial charge in [0.05, 0.1) is 17.7 Å². The summed E-state index contributed by atoms with van der Waals surface area (Å²) in [6.07, 6.45) is 0.260. The minimum absolute atomic E-state index is 0.0160. The number of aryl methyl sites for hydroxylation is 2. The third-order valence-electron chi connectivity index (χ3n) is 4.86. The molecule has 6 nitrogen and oxygen atoms in total. The van der Waals surface area contributed by atoms with Crippen LogP contribution in [0.25, 0.3) is 0 Å². The lowest BCUT2D eigenvalue weighted by Gasteiger charge is -2.23. The number of nitrogens with zero attached hydrogens (tertiary/aromatic N) is 3. The third kappa shape index (κ3) is 2.84. The van der Waals surface area contributed by atoms with Crippen LogP contribution in [-0.2, 0) is 23.2 Å². The summed E-state index contributed by atoms with van der Waals surface area (Å²) in [5.74, 6) is -0.408. The van der Waals surface area contributed by atoms with E-state index in [0.29, 0.717) is 6.54 Å². The molecule has 0 aliphatic carbocycles. The van der Waals surface area contributed by atoms with E-state index >= 15 is 0 Å². The fourth-order valence-corrected chi connectivity index (χ4v) is 4.27. The molecular weight excluding hydrogens is 324 g/mol. The first-order chi connectivity index (χ1) is 11.4. The molecule has 0 bridgehead atoms. The Hall–Kier alpha value is -2.15. The molecule has 7 heteroatoms. The molecule has 1 saturated heterocycles. The molecule has 0 aromatic carbocycles. The summed E-state index contributed by atoms with van der Waals surface area (Å²) in [6.45, 7) is 4.37. The molecule has 2 aromatic rings. The maximum Gasteiger partial charge on any atom is 0.226 e. The summed E-state index contributed by atoms with van der Waals surface area (Å²) in [5, 5.41) is 9.35. The minimum Gasteiger partial charge on any atom is -0.352 e. The van der Waals surface area contributed by atoms with Gasteiger partial charge in [-0.15, -0.1) is 11.3 Å². The van der Waals surface area contributed by atoms with Gasteiger partial charge < -0.3 is 10.2 Å². The number of thiophene rings is 1. The van der Waals surface area contributed by atoms with Gasteiger partial charge in [-0.25, -0.2) is 0 Å². The van der Waals surface area contributed by atoms with Crippen LogP contribution in [0.5, 0.6) is 0 Å². The highest BCUT2D eigenvalue weighted by molar-refractivity contribution is 7.10. The predicted octanol–water partition coefficient (Wildman–Crippen LogP) is 1.93. The highest BCUT2D eigenvalue weighted by Gasteiger charge is 2.43. The van der Waals surface area contributed by atoms with E-state index in [1.54, 1.807) is 23.3 Å². The van der Waals surface area contributed by atoms with E-state index in [0.717, 1.165) is 21.8 Å². The SMILES string of the molecule is Cc1nn(C)c(C)c1CNC(=O)[C@H]1CC(=O)N(C)[C@@H]1c1cccs1. The number of aromatic nitrogens is 2. The second-order valence-electron chi connectivity index (χ2n) is 6.27. The van der Waals surface area contributed by atoms with Crippen LogP contribution in [0.4, 0.5) is 0 Å². The lowest BCUT2D eigenvalue weighted by atomic mass is 9.97. The van der Waals surface area contributed by atoms with Crippen molar-refractivity contribution in [1.29, 1.82) is 0 Å². The van der Waals surface area contributed by atoms with Crippen molar-refractivity contribution < 1.29 is 9.59 Å². The molecule has 2 aromatic heterocycles. The van der Waals surface area contributed by atoms with E-state index in [4.69, 9.17) is 0 Å². The maximum atomic E-state index is 12.7. The van der Waals surface area contributed by atoms with Crippen molar-refractivity contribution in [2.75, 3.05) is 7.05 Å². The molecule has 2 amide bonds. The second kappa shape index (κ2) is 6.39. The number of carbonyl (C=O) groups excluding carboxylic acids is 2. The fourth-order valence-electron chi connectivity index (χ4n) is 3.33. The van der Waals surface area contributed by atoms with Crippen LogP contribution < -0.4 is 5.32 Å². The third-order valence-corrected chi connectivity index (χ3v) is 5.80. The Kier molecular flexibility index (Phi) is 4.45. The van der Waals surface area contributed by atoms with Gasteiger partial charge in [-0.05, 0) is 25.3 Å². The molecule has 0 unspecified atom stereocenters. The van der Waals surface area contributed by atoms with Crippen molar-refractivity contribution in [1.82, 2.24) is 20.0 Å². The topological polar surface area (TPSA) is 67.2 Å². The number of rotatable bonds is 4. The number of carbonyl (C=O) groups is 2. The van der Waals surface area contributed by atoms with Gasteiger partial charge in [0.15, 0.2) is 0 Å². The van der Waals surface area contributed by atoms with Crippen LogP contribution in [0, 0.1) is 19.8 Å². The minimum atomic E-state index is -0.349. The largest absolute Gasteiger partial charge is 0.352 e. The van der Waals surface area contributed by atoms with E-state index in [1.807, 2.05) is 43.1 Å². The van der Waals surface area contributed by atoms with Gasteiger partial charge in [-0.1, -0.05) is 6.07 Å². The van der Waals surface area contributed by atoms with Crippen LogP contribution in [0.15, 0.2) is 17.5 Å². The van der Waals surface area contributed by atoms with Crippen LogP contribution in [0.2, 0.25) is 0 Å². The van der Waals surface area contributed by atoms with Crippen molar-refractivity contribution in [3.63, 3.8) is 0 Å². The monoisotopic (exact) mass is 346 g/mol. The molecule has 1 fully saturated rings. The first-order valence-electron chi connectivity index (χ1n) is 7.96. The molecule has 0 radical (unpaired) electrons. The quantitative estimate of drug-likeness (QED) is 0.920. The van der Waals surface area contributed by atoms with Gasteiger partial charge in [0.25, 0.3) is 0 Å². The molecule has 1 aliphatic heterocycles. The van der Waals surface area contributed by atoms with Crippen molar-refractivity contribution in [3.05, 3.63) is 39.3 Å². The van der Waals surface area contributed by atoms with Crippen LogP contribution in [0.1, 0.15) is 34.3 Å². The summed E-state index contributed by atoms with van der Waals surface area (Å²) < 4.78 is 1.82. The van der Waals surface area contributed by atoms with Gasteiger partial charge in [-0.2, -0.15) is 5.10 Å². The summed E-state index contributed by atoms with van der Waals surface area (Å²) in [5.41, 5.74) is 3.00. The summed E-state index contributed by atoms with van der Waals surface area (Å²) >= 11 is 1.58. The van der Waals surface area contributed by atoms with Gasteiger partial charge in [0.1, 0.15) is 0 Å². The van der Waals surface area contributed by atoms with E-state index in [1.165, 1.54) is 0 Å². The Morgan fingerprint density at radius 2 is 2.17 bits per heavy atom. The van der Waals surface area contributed by atoms with Crippen molar-refractivity contribution in [3.8, 4) is 0 Å². The van der Waals surface area contributed by atoms with Crippen LogP contribution in [-0.4, -0.2) is 33.5 Å². The predicted molar refractivity (Wildman–Crippen MR) is 92.5 cm³/mol. The Balaban J connectivity index is 1.75. The van der Waals surface area contributed by atoms with E-state index in [2.05, 4.69) is 10.4 Å². The van der Waals surface area contributed by atoms with Crippen LogP contribution >= 0.6 is 11.3 Å². The molecule has 0 spiro atoms. The summed E-state index contributed by atoms with van der Waals surface area (Å²) in [6, 6.07) is 3.77. The fraction of sp³-hybridized carbons (Fsp3) is 0.471. The molecular formula is C17H22N4O2S. The highest BCUT2D eigenvalue weighted by Crippen LogP contribution is 2.39.